The summed E-state index contributed by atoms with van der Waals surface area (Å²) >= 11 is 1.85. The molecule has 3 N–H and O–H groups in total. The lowest BCUT2D eigenvalue weighted by atomic mass is 10.2. The number of aryl methyl sites for hydroxylation is 2. The maximum Gasteiger partial charge on any atom is 0.128 e. The lowest BCUT2D eigenvalue weighted by Crippen LogP contribution is -2.18. The maximum absolute atomic E-state index is 5.87. The second-order valence-electron chi connectivity index (χ2n) is 4.69. The number of nitrogen functional groups attached to an aromatic ring is 1. The number of nitrogens with one attached hydrogen (secondary N) is 1. The Labute approximate surface area is 112 Å². The molecule has 0 radical (unpaired) electrons. The average Bonchev–Trinajstić information content (AvgIpc) is 2.69. The number of rotatable bonds is 4. The number of pyridine rings is 1. The van der Waals surface area contributed by atoms with Crippen LogP contribution in [0.25, 0.3) is 0 Å². The molecule has 0 bridgehead atoms. The third kappa shape index (κ3) is 3.23. The minimum atomic E-state index is 0.345. The summed E-state index contributed by atoms with van der Waals surface area (Å²) in [5.74, 6) is 0.846. The number of thiophene rings is 1. The van der Waals surface area contributed by atoms with E-state index >= 15 is 0 Å². The van der Waals surface area contributed by atoms with E-state index in [1.807, 2.05) is 24.3 Å². The topological polar surface area (TPSA) is 50.9 Å². The molecule has 0 saturated carbocycles. The molecule has 0 aromatic carbocycles. The molecule has 2 rings (SSSR count). The van der Waals surface area contributed by atoms with Crippen molar-refractivity contribution in [2.24, 2.45) is 0 Å². The molecule has 96 valence electrons. The molecule has 2 aromatic heterocycles. The molecular weight excluding hydrogens is 242 g/mol. The normalized spacial score (nSPS) is 12.4. The van der Waals surface area contributed by atoms with Crippen molar-refractivity contribution in [3.63, 3.8) is 0 Å². The number of anilines is 2. The zero-order valence-corrected chi connectivity index (χ0v) is 11.8. The third-order valence-electron chi connectivity index (χ3n) is 2.84. The van der Waals surface area contributed by atoms with Gasteiger partial charge >= 0.3 is 0 Å². The summed E-state index contributed by atoms with van der Waals surface area (Å²) in [6.07, 6.45) is 2.81. The second kappa shape index (κ2) is 5.40. The van der Waals surface area contributed by atoms with E-state index in [0.29, 0.717) is 6.04 Å². The van der Waals surface area contributed by atoms with Gasteiger partial charge in [-0.25, -0.2) is 4.98 Å². The summed E-state index contributed by atoms with van der Waals surface area (Å²) < 4.78 is 0. The first kappa shape index (κ1) is 12.9. The number of aromatic nitrogens is 1. The summed E-state index contributed by atoms with van der Waals surface area (Å²) in [6, 6.07) is 6.59. The summed E-state index contributed by atoms with van der Waals surface area (Å²) in [5, 5.41) is 3.38. The van der Waals surface area contributed by atoms with Gasteiger partial charge in [0.15, 0.2) is 0 Å². The van der Waals surface area contributed by atoms with Crippen LogP contribution in [-0.4, -0.2) is 11.0 Å². The molecule has 2 heterocycles. The minimum Gasteiger partial charge on any atom is -0.398 e. The van der Waals surface area contributed by atoms with Crippen LogP contribution in [0.4, 0.5) is 11.5 Å². The van der Waals surface area contributed by atoms with Crippen molar-refractivity contribution in [2.45, 2.75) is 33.2 Å². The van der Waals surface area contributed by atoms with E-state index in [0.717, 1.165) is 23.5 Å². The minimum absolute atomic E-state index is 0.345. The predicted molar refractivity (Wildman–Crippen MR) is 79.2 cm³/mol. The van der Waals surface area contributed by atoms with Crippen molar-refractivity contribution in [3.8, 4) is 0 Å². The van der Waals surface area contributed by atoms with Gasteiger partial charge in [-0.1, -0.05) is 0 Å². The molecule has 0 amide bonds. The van der Waals surface area contributed by atoms with Crippen LogP contribution in [0.2, 0.25) is 0 Å². The van der Waals surface area contributed by atoms with Crippen LogP contribution in [0.1, 0.15) is 22.2 Å². The first-order valence-electron chi connectivity index (χ1n) is 6.08. The predicted octanol–water partition coefficient (Wildman–Crippen LogP) is 3.39. The van der Waals surface area contributed by atoms with Gasteiger partial charge in [-0.2, -0.15) is 0 Å². The van der Waals surface area contributed by atoms with E-state index in [2.05, 4.69) is 36.3 Å². The molecule has 0 saturated heterocycles. The van der Waals surface area contributed by atoms with Gasteiger partial charge in [-0.15, -0.1) is 11.3 Å². The fourth-order valence-electron chi connectivity index (χ4n) is 1.82. The molecule has 0 fully saturated rings. The lowest BCUT2D eigenvalue weighted by molar-refractivity contribution is 0.794. The van der Waals surface area contributed by atoms with Crippen molar-refractivity contribution < 1.29 is 0 Å². The van der Waals surface area contributed by atoms with Crippen molar-refractivity contribution in [3.05, 3.63) is 39.7 Å². The van der Waals surface area contributed by atoms with Gasteiger partial charge < -0.3 is 11.1 Å². The van der Waals surface area contributed by atoms with Gasteiger partial charge in [0.1, 0.15) is 5.82 Å². The molecule has 0 aliphatic rings. The quantitative estimate of drug-likeness (QED) is 0.887. The van der Waals surface area contributed by atoms with Gasteiger partial charge in [-0.3, -0.25) is 0 Å². The largest absolute Gasteiger partial charge is 0.398 e. The Bertz CT molecular complexity index is 534. The first-order chi connectivity index (χ1) is 8.54. The highest BCUT2D eigenvalue weighted by molar-refractivity contribution is 7.11. The number of nitrogens with zero attached hydrogens (tertiary/aromatic N) is 1. The zero-order valence-electron chi connectivity index (χ0n) is 11.0. The van der Waals surface area contributed by atoms with Gasteiger partial charge in [0.25, 0.3) is 0 Å². The van der Waals surface area contributed by atoms with Crippen LogP contribution in [-0.2, 0) is 6.42 Å². The average molecular weight is 261 g/mol. The molecular formula is C14H19N3S. The molecule has 0 aliphatic carbocycles. The Morgan fingerprint density at radius 3 is 2.78 bits per heavy atom. The Morgan fingerprint density at radius 2 is 2.17 bits per heavy atom. The van der Waals surface area contributed by atoms with Gasteiger partial charge in [-0.05, 0) is 38.5 Å². The summed E-state index contributed by atoms with van der Waals surface area (Å²) in [4.78, 5) is 7.09. The molecule has 0 aliphatic heterocycles. The summed E-state index contributed by atoms with van der Waals surface area (Å²) in [6.45, 7) is 6.26. The molecule has 3 nitrogen and oxygen atoms in total. The van der Waals surface area contributed by atoms with E-state index in [4.69, 9.17) is 5.73 Å². The molecule has 18 heavy (non-hydrogen) atoms. The van der Waals surface area contributed by atoms with Crippen molar-refractivity contribution in [1.82, 2.24) is 4.98 Å². The molecule has 1 atom stereocenters. The van der Waals surface area contributed by atoms with E-state index in [1.54, 1.807) is 6.20 Å². The Hall–Kier alpha value is -1.55. The number of hydrogen-bond donors (Lipinski definition) is 2. The van der Waals surface area contributed by atoms with Crippen LogP contribution in [0.15, 0.2) is 24.4 Å². The van der Waals surface area contributed by atoms with Crippen LogP contribution >= 0.6 is 11.3 Å². The maximum atomic E-state index is 5.87. The monoisotopic (exact) mass is 261 g/mol. The van der Waals surface area contributed by atoms with Gasteiger partial charge in [0, 0.05) is 40.2 Å². The Morgan fingerprint density at radius 1 is 1.39 bits per heavy atom. The van der Waals surface area contributed by atoms with Crippen LogP contribution in [0.5, 0.6) is 0 Å². The van der Waals surface area contributed by atoms with E-state index < -0.39 is 0 Å². The summed E-state index contributed by atoms with van der Waals surface area (Å²) in [5.41, 5.74) is 7.67. The van der Waals surface area contributed by atoms with Crippen LogP contribution in [0.3, 0.4) is 0 Å². The van der Waals surface area contributed by atoms with E-state index in [1.165, 1.54) is 9.75 Å². The Balaban J connectivity index is 1.98. The fourth-order valence-corrected chi connectivity index (χ4v) is 2.84. The van der Waals surface area contributed by atoms with Crippen LogP contribution < -0.4 is 11.1 Å². The first-order valence-corrected chi connectivity index (χ1v) is 6.90. The highest BCUT2D eigenvalue weighted by Crippen LogP contribution is 2.19. The highest BCUT2D eigenvalue weighted by atomic mass is 32.1. The van der Waals surface area contributed by atoms with Crippen molar-refractivity contribution >= 4 is 22.8 Å². The number of nitrogens with two attached hydrogens (primary N) is 1. The number of hydrogen-bond acceptors (Lipinski definition) is 4. The lowest BCUT2D eigenvalue weighted by Gasteiger charge is -2.14. The van der Waals surface area contributed by atoms with Crippen molar-refractivity contribution in [1.29, 1.82) is 0 Å². The highest BCUT2D eigenvalue weighted by Gasteiger charge is 2.07. The second-order valence-corrected chi connectivity index (χ2v) is 6.06. The zero-order chi connectivity index (χ0) is 13.1. The summed E-state index contributed by atoms with van der Waals surface area (Å²) in [7, 11) is 0. The van der Waals surface area contributed by atoms with E-state index in [-0.39, 0.29) is 0 Å². The standard InChI is InChI=1S/C14H19N3S/c1-9-8-16-14(7-13(9)15)17-10(2)6-12-5-4-11(3)18-12/h4-5,7-8,10H,6H2,1-3H3,(H3,15,16,17). The molecule has 2 aromatic rings. The van der Waals surface area contributed by atoms with Gasteiger partial charge in [0.2, 0.25) is 0 Å². The molecule has 0 spiro atoms. The van der Waals surface area contributed by atoms with E-state index in [9.17, 15) is 0 Å². The van der Waals surface area contributed by atoms with Crippen LogP contribution in [0, 0.1) is 13.8 Å². The van der Waals surface area contributed by atoms with Crippen molar-refractivity contribution in [2.75, 3.05) is 11.1 Å². The third-order valence-corrected chi connectivity index (χ3v) is 3.87. The molecule has 1 unspecified atom stereocenters. The smallest absolute Gasteiger partial charge is 0.128 e. The fraction of sp³-hybridized carbons (Fsp3) is 0.357. The molecule has 4 heteroatoms. The SMILES string of the molecule is Cc1ccc(CC(C)Nc2cc(N)c(C)cn2)s1. The Kier molecular flexibility index (Phi) is 3.87. The van der Waals surface area contributed by atoms with Gasteiger partial charge in [0.05, 0.1) is 0 Å².